The molecule has 6 rings (SSSR count). The number of benzene rings is 3. The Kier molecular flexibility index (Phi) is 8.46. The zero-order chi connectivity index (χ0) is 28.2. The molecule has 2 fully saturated rings. The number of esters is 1. The van der Waals surface area contributed by atoms with Gasteiger partial charge in [-0.2, -0.15) is 0 Å². The molecule has 2 saturated heterocycles. The van der Waals surface area contributed by atoms with Gasteiger partial charge in [0.2, 0.25) is 5.91 Å². The van der Waals surface area contributed by atoms with Crippen LogP contribution in [0.25, 0.3) is 0 Å². The lowest BCUT2D eigenvalue weighted by Gasteiger charge is -2.49. The van der Waals surface area contributed by atoms with E-state index in [0.29, 0.717) is 19.0 Å². The van der Waals surface area contributed by atoms with Gasteiger partial charge in [-0.05, 0) is 23.1 Å². The summed E-state index contributed by atoms with van der Waals surface area (Å²) in [6.45, 7) is 1.29. The van der Waals surface area contributed by atoms with Crippen LogP contribution in [0, 0.1) is 0 Å². The van der Waals surface area contributed by atoms with Crippen molar-refractivity contribution in [3.63, 3.8) is 0 Å². The lowest BCUT2D eigenvalue weighted by molar-refractivity contribution is -0.154. The van der Waals surface area contributed by atoms with Gasteiger partial charge in [0.25, 0.3) is 5.91 Å². The second kappa shape index (κ2) is 12.5. The van der Waals surface area contributed by atoms with Gasteiger partial charge in [-0.1, -0.05) is 91.0 Å². The van der Waals surface area contributed by atoms with Crippen molar-refractivity contribution in [3.8, 4) is 0 Å². The number of hydrogen-bond acceptors (Lipinski definition) is 7. The lowest BCUT2D eigenvalue weighted by atomic mass is 10.0. The largest absolute Gasteiger partial charge is 0.448 e. The SMILES string of the molecule is O=C(Cc1ccccc1)NC1C(=O)N2C(C(=O)OC(c3ccccc3)c3ccccc3)=C(SC3CCOC3)CS[C@@H]12. The number of hydrogen-bond donors (Lipinski definition) is 1. The Labute approximate surface area is 247 Å². The van der Waals surface area contributed by atoms with Gasteiger partial charge >= 0.3 is 5.97 Å². The number of nitrogens with one attached hydrogen (secondary N) is 1. The molecule has 2 unspecified atom stereocenters. The van der Waals surface area contributed by atoms with Crippen LogP contribution in [0.4, 0.5) is 0 Å². The number of fused-ring (bicyclic) bond motifs is 1. The molecule has 3 aromatic rings. The van der Waals surface area contributed by atoms with Crippen molar-refractivity contribution in [2.45, 2.75) is 35.6 Å². The van der Waals surface area contributed by atoms with Gasteiger partial charge in [0, 0.05) is 22.5 Å². The summed E-state index contributed by atoms with van der Waals surface area (Å²) in [6.07, 6.45) is 0.433. The second-order valence-corrected chi connectivity index (χ2v) is 12.6. The van der Waals surface area contributed by atoms with E-state index >= 15 is 0 Å². The Bertz CT molecular complexity index is 1390. The van der Waals surface area contributed by atoms with Crippen LogP contribution >= 0.6 is 23.5 Å². The van der Waals surface area contributed by atoms with Crippen molar-refractivity contribution >= 4 is 41.3 Å². The molecule has 9 heteroatoms. The molecular weight excluding hydrogens is 556 g/mol. The highest BCUT2D eigenvalue weighted by atomic mass is 32.2. The maximum Gasteiger partial charge on any atom is 0.356 e. The predicted octanol–water partition coefficient (Wildman–Crippen LogP) is 4.70. The Morgan fingerprint density at radius 3 is 2.22 bits per heavy atom. The zero-order valence-electron chi connectivity index (χ0n) is 22.3. The van der Waals surface area contributed by atoms with E-state index in [9.17, 15) is 14.4 Å². The fourth-order valence-corrected chi connectivity index (χ4v) is 7.98. The van der Waals surface area contributed by atoms with Gasteiger partial charge < -0.3 is 14.8 Å². The molecule has 0 radical (unpaired) electrons. The van der Waals surface area contributed by atoms with Crippen LogP contribution in [0.2, 0.25) is 0 Å². The Hall–Kier alpha value is -3.53. The summed E-state index contributed by atoms with van der Waals surface area (Å²) >= 11 is 3.15. The van der Waals surface area contributed by atoms with Crippen LogP contribution in [0.5, 0.6) is 0 Å². The van der Waals surface area contributed by atoms with Crippen molar-refractivity contribution in [2.24, 2.45) is 0 Å². The van der Waals surface area contributed by atoms with Gasteiger partial charge in [0.15, 0.2) is 6.10 Å². The third kappa shape index (κ3) is 6.07. The standard InChI is InChI=1S/C32H30N2O5S2/c35-26(18-21-10-4-1-5-11-21)33-27-30(36)34-28(25(20-40-31(27)34)41-24-16-17-38-19-24)32(37)39-29(22-12-6-2-7-13-22)23-14-8-3-9-15-23/h1-15,24,27,29,31H,16-20H2,(H,33,35)/t24?,27?,31-/m0/s1. The van der Waals surface area contributed by atoms with Crippen LogP contribution in [-0.2, 0) is 30.3 Å². The second-order valence-electron chi connectivity index (χ2n) is 10.1. The maximum absolute atomic E-state index is 14.0. The van der Waals surface area contributed by atoms with Gasteiger partial charge in [0.1, 0.15) is 17.1 Å². The average molecular weight is 587 g/mol. The van der Waals surface area contributed by atoms with E-state index in [2.05, 4.69) is 5.32 Å². The maximum atomic E-state index is 14.0. The highest BCUT2D eigenvalue weighted by molar-refractivity contribution is 8.06. The first-order valence-electron chi connectivity index (χ1n) is 13.6. The molecule has 3 aliphatic heterocycles. The molecule has 0 spiro atoms. The molecule has 3 aliphatic rings. The molecule has 3 heterocycles. The fourth-order valence-electron chi connectivity index (χ4n) is 5.23. The summed E-state index contributed by atoms with van der Waals surface area (Å²) in [4.78, 5) is 42.7. The minimum absolute atomic E-state index is 0.186. The first-order chi connectivity index (χ1) is 20.1. The fraction of sp³-hybridized carbons (Fsp3) is 0.281. The van der Waals surface area contributed by atoms with Crippen molar-refractivity contribution in [1.82, 2.24) is 10.2 Å². The lowest BCUT2D eigenvalue weighted by Crippen LogP contribution is -2.70. The van der Waals surface area contributed by atoms with Crippen LogP contribution in [0.15, 0.2) is 102 Å². The zero-order valence-corrected chi connectivity index (χ0v) is 23.9. The summed E-state index contributed by atoms with van der Waals surface area (Å²) in [5.41, 5.74) is 2.84. The molecule has 3 atom stereocenters. The quantitative estimate of drug-likeness (QED) is 0.288. The molecule has 1 N–H and O–H groups in total. The van der Waals surface area contributed by atoms with Crippen molar-refractivity contribution < 1.29 is 23.9 Å². The van der Waals surface area contributed by atoms with E-state index in [1.807, 2.05) is 91.0 Å². The predicted molar refractivity (Wildman–Crippen MR) is 160 cm³/mol. The highest BCUT2D eigenvalue weighted by Gasteiger charge is 2.55. The molecule has 3 aromatic carbocycles. The smallest absolute Gasteiger partial charge is 0.356 e. The van der Waals surface area contributed by atoms with Crippen molar-refractivity contribution in [3.05, 3.63) is 118 Å². The summed E-state index contributed by atoms with van der Waals surface area (Å²) in [6, 6.07) is 27.9. The molecule has 2 amide bonds. The monoisotopic (exact) mass is 586 g/mol. The number of amides is 2. The van der Waals surface area contributed by atoms with Gasteiger partial charge in [0.05, 0.1) is 13.0 Å². The Balaban J connectivity index is 1.25. The third-order valence-electron chi connectivity index (χ3n) is 7.28. The molecule has 210 valence electrons. The molecule has 0 bridgehead atoms. The first kappa shape index (κ1) is 27.6. The number of carbonyl (C=O) groups is 3. The molecule has 41 heavy (non-hydrogen) atoms. The normalized spacial score (nSPS) is 21.8. The van der Waals surface area contributed by atoms with Crippen LogP contribution in [-0.4, -0.2) is 58.3 Å². The van der Waals surface area contributed by atoms with E-state index in [1.54, 1.807) is 23.5 Å². The third-order valence-corrected chi connectivity index (χ3v) is 10.1. The van der Waals surface area contributed by atoms with E-state index in [4.69, 9.17) is 9.47 Å². The number of rotatable bonds is 9. The number of nitrogens with zero attached hydrogens (tertiary/aromatic N) is 1. The van der Waals surface area contributed by atoms with E-state index in [1.165, 1.54) is 4.90 Å². The minimum atomic E-state index is -0.695. The topological polar surface area (TPSA) is 84.9 Å². The molecule has 0 aromatic heterocycles. The molecule has 0 saturated carbocycles. The van der Waals surface area contributed by atoms with Gasteiger partial charge in [-0.15, -0.1) is 23.5 Å². The van der Waals surface area contributed by atoms with Crippen molar-refractivity contribution in [2.75, 3.05) is 19.0 Å². The van der Waals surface area contributed by atoms with Crippen LogP contribution in [0.3, 0.4) is 0 Å². The Morgan fingerprint density at radius 1 is 0.976 bits per heavy atom. The van der Waals surface area contributed by atoms with Crippen LogP contribution in [0.1, 0.15) is 29.2 Å². The minimum Gasteiger partial charge on any atom is -0.448 e. The average Bonchev–Trinajstić information content (AvgIpc) is 3.53. The number of thioether (sulfide) groups is 2. The van der Waals surface area contributed by atoms with E-state index < -0.39 is 18.1 Å². The molecule has 0 aliphatic carbocycles. The highest BCUT2D eigenvalue weighted by Crippen LogP contribution is 2.46. The van der Waals surface area contributed by atoms with Crippen molar-refractivity contribution in [1.29, 1.82) is 0 Å². The van der Waals surface area contributed by atoms with E-state index in [0.717, 1.165) is 28.0 Å². The summed E-state index contributed by atoms with van der Waals surface area (Å²) < 4.78 is 11.8. The summed E-state index contributed by atoms with van der Waals surface area (Å²) in [5.74, 6) is -0.518. The summed E-state index contributed by atoms with van der Waals surface area (Å²) in [5, 5.41) is 2.74. The molecule has 7 nitrogen and oxygen atoms in total. The first-order valence-corrected chi connectivity index (χ1v) is 15.6. The Morgan fingerprint density at radius 2 is 1.61 bits per heavy atom. The van der Waals surface area contributed by atoms with Gasteiger partial charge in [-0.25, -0.2) is 4.79 Å². The van der Waals surface area contributed by atoms with E-state index in [-0.39, 0.29) is 34.6 Å². The molecular formula is C32H30N2O5S2. The number of carbonyl (C=O) groups excluding carboxylic acids is 3. The summed E-state index contributed by atoms with van der Waals surface area (Å²) in [7, 11) is 0. The van der Waals surface area contributed by atoms with Crippen LogP contribution < -0.4 is 5.32 Å². The van der Waals surface area contributed by atoms with Gasteiger partial charge in [-0.3, -0.25) is 14.5 Å². The number of ether oxygens (including phenoxy) is 2. The number of β-lactam (4-membered cyclic amide) rings is 1.